The molecule has 0 saturated heterocycles. The molecule has 1 aromatic heterocycles. The summed E-state index contributed by atoms with van der Waals surface area (Å²) in [5.41, 5.74) is 0.745. The topological polar surface area (TPSA) is 59.0 Å². The summed E-state index contributed by atoms with van der Waals surface area (Å²) in [4.78, 5) is 11.6. The van der Waals surface area contributed by atoms with E-state index in [2.05, 4.69) is 29.6 Å². The van der Waals surface area contributed by atoms with Crippen LogP contribution in [0.1, 0.15) is 40.2 Å². The molecular formula is C12H22N4O. The maximum Gasteiger partial charge on any atom is 0.238 e. The van der Waals surface area contributed by atoms with Crippen molar-refractivity contribution in [3.05, 3.63) is 12.4 Å². The SMILES string of the molecule is CCC(C)NCC(=O)Nc1cnn(C(C)C)c1. The van der Waals surface area contributed by atoms with E-state index in [1.807, 2.05) is 24.7 Å². The molecule has 1 amide bonds. The van der Waals surface area contributed by atoms with Crippen molar-refractivity contribution in [1.82, 2.24) is 15.1 Å². The van der Waals surface area contributed by atoms with Crippen molar-refractivity contribution >= 4 is 11.6 Å². The maximum atomic E-state index is 11.6. The van der Waals surface area contributed by atoms with E-state index >= 15 is 0 Å². The zero-order valence-electron chi connectivity index (χ0n) is 11.0. The van der Waals surface area contributed by atoms with E-state index in [9.17, 15) is 4.79 Å². The van der Waals surface area contributed by atoms with Crippen LogP contribution in [-0.2, 0) is 4.79 Å². The summed E-state index contributed by atoms with van der Waals surface area (Å²) < 4.78 is 1.82. The van der Waals surface area contributed by atoms with Crippen LogP contribution in [-0.4, -0.2) is 28.3 Å². The molecule has 1 unspecified atom stereocenters. The first-order valence-electron chi connectivity index (χ1n) is 6.10. The highest BCUT2D eigenvalue weighted by atomic mass is 16.1. The van der Waals surface area contributed by atoms with Gasteiger partial charge in [0.05, 0.1) is 18.4 Å². The first kappa shape index (κ1) is 13.7. The van der Waals surface area contributed by atoms with Crippen LogP contribution in [0.4, 0.5) is 5.69 Å². The highest BCUT2D eigenvalue weighted by Crippen LogP contribution is 2.09. The van der Waals surface area contributed by atoms with Crippen LogP contribution in [0.15, 0.2) is 12.4 Å². The Bertz CT molecular complexity index is 359. The van der Waals surface area contributed by atoms with Gasteiger partial charge in [0.25, 0.3) is 0 Å². The van der Waals surface area contributed by atoms with E-state index in [0.717, 1.165) is 12.1 Å². The number of nitrogens with one attached hydrogen (secondary N) is 2. The zero-order valence-corrected chi connectivity index (χ0v) is 11.0. The highest BCUT2D eigenvalue weighted by molar-refractivity contribution is 5.91. The fraction of sp³-hybridized carbons (Fsp3) is 0.667. The predicted molar refractivity (Wildman–Crippen MR) is 69.0 cm³/mol. The zero-order chi connectivity index (χ0) is 12.8. The van der Waals surface area contributed by atoms with Gasteiger partial charge in [-0.15, -0.1) is 0 Å². The Morgan fingerprint density at radius 3 is 2.71 bits per heavy atom. The standard InChI is InChI=1S/C12H22N4O/c1-5-10(4)13-7-12(17)15-11-6-14-16(8-11)9(2)3/h6,8-10,13H,5,7H2,1-4H3,(H,15,17). The number of anilines is 1. The minimum atomic E-state index is -0.0337. The average molecular weight is 238 g/mol. The summed E-state index contributed by atoms with van der Waals surface area (Å²) in [6, 6.07) is 0.665. The molecule has 96 valence electrons. The van der Waals surface area contributed by atoms with Gasteiger partial charge in [-0.1, -0.05) is 6.92 Å². The van der Waals surface area contributed by atoms with E-state index in [1.165, 1.54) is 0 Å². The normalized spacial score (nSPS) is 12.8. The molecule has 0 aliphatic heterocycles. The quantitative estimate of drug-likeness (QED) is 0.794. The van der Waals surface area contributed by atoms with E-state index < -0.39 is 0 Å². The summed E-state index contributed by atoms with van der Waals surface area (Å²) in [6.07, 6.45) is 4.52. The molecule has 0 spiro atoms. The van der Waals surface area contributed by atoms with Crippen molar-refractivity contribution in [2.45, 2.75) is 46.2 Å². The van der Waals surface area contributed by atoms with Crippen LogP contribution < -0.4 is 10.6 Å². The molecule has 0 aliphatic carbocycles. The number of hydrogen-bond acceptors (Lipinski definition) is 3. The number of nitrogens with zero attached hydrogens (tertiary/aromatic N) is 2. The lowest BCUT2D eigenvalue weighted by molar-refractivity contribution is -0.115. The smallest absolute Gasteiger partial charge is 0.238 e. The fourth-order valence-corrected chi connectivity index (χ4v) is 1.30. The van der Waals surface area contributed by atoms with Gasteiger partial charge in [0, 0.05) is 18.3 Å². The number of aromatic nitrogens is 2. The summed E-state index contributed by atoms with van der Waals surface area (Å²) >= 11 is 0. The third-order valence-electron chi connectivity index (χ3n) is 2.64. The van der Waals surface area contributed by atoms with Gasteiger partial charge in [0.1, 0.15) is 0 Å². The Labute approximate surface area is 103 Å². The van der Waals surface area contributed by atoms with Crippen LogP contribution in [0.5, 0.6) is 0 Å². The number of rotatable bonds is 6. The molecule has 0 bridgehead atoms. The fourth-order valence-electron chi connectivity index (χ4n) is 1.30. The lowest BCUT2D eigenvalue weighted by atomic mass is 10.2. The second-order valence-corrected chi connectivity index (χ2v) is 4.54. The van der Waals surface area contributed by atoms with Crippen LogP contribution in [0.2, 0.25) is 0 Å². The first-order chi connectivity index (χ1) is 8.02. The van der Waals surface area contributed by atoms with Crippen LogP contribution >= 0.6 is 0 Å². The van der Waals surface area contributed by atoms with Gasteiger partial charge >= 0.3 is 0 Å². The molecule has 5 nitrogen and oxygen atoms in total. The molecular weight excluding hydrogens is 216 g/mol. The first-order valence-corrected chi connectivity index (χ1v) is 6.10. The second kappa shape index (κ2) is 6.39. The molecule has 1 atom stereocenters. The monoisotopic (exact) mass is 238 g/mol. The Hall–Kier alpha value is -1.36. The van der Waals surface area contributed by atoms with Gasteiger partial charge in [-0.2, -0.15) is 5.10 Å². The van der Waals surface area contributed by atoms with Crippen LogP contribution in [0.25, 0.3) is 0 Å². The van der Waals surface area contributed by atoms with E-state index in [1.54, 1.807) is 6.20 Å². The predicted octanol–water partition coefficient (Wildman–Crippen LogP) is 1.79. The summed E-state index contributed by atoms with van der Waals surface area (Å²) in [5, 5.41) is 10.1. The van der Waals surface area contributed by atoms with E-state index in [0.29, 0.717) is 18.6 Å². The average Bonchev–Trinajstić information content (AvgIpc) is 2.74. The van der Waals surface area contributed by atoms with Crippen molar-refractivity contribution in [2.75, 3.05) is 11.9 Å². The molecule has 1 rings (SSSR count). The van der Waals surface area contributed by atoms with Crippen molar-refractivity contribution < 1.29 is 4.79 Å². The van der Waals surface area contributed by atoms with Gasteiger partial charge in [-0.05, 0) is 27.2 Å². The van der Waals surface area contributed by atoms with Crippen molar-refractivity contribution in [3.8, 4) is 0 Å². The van der Waals surface area contributed by atoms with E-state index in [4.69, 9.17) is 0 Å². The molecule has 0 radical (unpaired) electrons. The molecule has 17 heavy (non-hydrogen) atoms. The molecule has 1 heterocycles. The summed E-state index contributed by atoms with van der Waals surface area (Å²) in [5.74, 6) is -0.0337. The lowest BCUT2D eigenvalue weighted by Gasteiger charge is -2.10. The van der Waals surface area contributed by atoms with E-state index in [-0.39, 0.29) is 5.91 Å². The van der Waals surface area contributed by atoms with Gasteiger partial charge in [0.2, 0.25) is 5.91 Å². The Balaban J connectivity index is 2.39. The number of carbonyl (C=O) groups excluding carboxylic acids is 1. The third kappa shape index (κ3) is 4.56. The minimum Gasteiger partial charge on any atom is -0.322 e. The van der Waals surface area contributed by atoms with Gasteiger partial charge in [0.15, 0.2) is 0 Å². The van der Waals surface area contributed by atoms with Crippen LogP contribution in [0.3, 0.4) is 0 Å². The number of amides is 1. The Morgan fingerprint density at radius 2 is 2.18 bits per heavy atom. The second-order valence-electron chi connectivity index (χ2n) is 4.54. The van der Waals surface area contributed by atoms with Crippen LogP contribution in [0, 0.1) is 0 Å². The molecule has 5 heteroatoms. The van der Waals surface area contributed by atoms with Gasteiger partial charge in [-0.25, -0.2) is 0 Å². The van der Waals surface area contributed by atoms with Gasteiger partial charge < -0.3 is 10.6 Å². The minimum absolute atomic E-state index is 0.0337. The lowest BCUT2D eigenvalue weighted by Crippen LogP contribution is -2.33. The summed E-state index contributed by atoms with van der Waals surface area (Å²) in [6.45, 7) is 8.57. The van der Waals surface area contributed by atoms with Crippen molar-refractivity contribution in [1.29, 1.82) is 0 Å². The third-order valence-corrected chi connectivity index (χ3v) is 2.64. The number of carbonyl (C=O) groups is 1. The molecule has 1 aromatic rings. The summed E-state index contributed by atoms with van der Waals surface area (Å²) in [7, 11) is 0. The molecule has 0 aromatic carbocycles. The highest BCUT2D eigenvalue weighted by Gasteiger charge is 2.06. The molecule has 2 N–H and O–H groups in total. The molecule has 0 saturated carbocycles. The number of hydrogen-bond donors (Lipinski definition) is 2. The van der Waals surface area contributed by atoms with Crippen molar-refractivity contribution in [2.24, 2.45) is 0 Å². The largest absolute Gasteiger partial charge is 0.322 e. The van der Waals surface area contributed by atoms with Gasteiger partial charge in [-0.3, -0.25) is 9.48 Å². The maximum absolute atomic E-state index is 11.6. The Morgan fingerprint density at radius 1 is 1.47 bits per heavy atom. The molecule has 0 aliphatic rings. The Kier molecular flexibility index (Phi) is 5.15. The molecule has 0 fully saturated rings. The van der Waals surface area contributed by atoms with Crippen molar-refractivity contribution in [3.63, 3.8) is 0 Å².